The Morgan fingerprint density at radius 1 is 1.41 bits per heavy atom. The number of carbonyl (C=O) groups excluding carboxylic acids is 1. The second-order valence-electron chi connectivity index (χ2n) is 4.14. The molecule has 1 atom stereocenters. The van der Waals surface area contributed by atoms with E-state index in [4.69, 9.17) is 9.47 Å². The number of ketones is 1. The predicted molar refractivity (Wildman–Crippen MR) is 68.0 cm³/mol. The first-order chi connectivity index (χ1) is 8.08. The van der Waals surface area contributed by atoms with Crippen LogP contribution in [0.15, 0.2) is 18.2 Å². The zero-order chi connectivity index (χ0) is 12.8. The Morgan fingerprint density at radius 3 is 2.65 bits per heavy atom. The smallest absolute Gasteiger partial charge is 0.163 e. The van der Waals surface area contributed by atoms with Crippen LogP contribution in [0.5, 0.6) is 11.5 Å². The van der Waals surface area contributed by atoms with Gasteiger partial charge in [0.15, 0.2) is 5.78 Å². The highest BCUT2D eigenvalue weighted by atomic mass is 16.5. The number of rotatable bonds is 6. The topological polar surface area (TPSA) is 35.5 Å². The maximum absolute atomic E-state index is 11.5. The number of ether oxygens (including phenoxy) is 2. The Morgan fingerprint density at radius 2 is 2.12 bits per heavy atom. The Bertz CT molecular complexity index is 385. The van der Waals surface area contributed by atoms with Crippen molar-refractivity contribution in [1.82, 2.24) is 0 Å². The van der Waals surface area contributed by atoms with E-state index in [2.05, 4.69) is 6.92 Å². The molecule has 0 aliphatic carbocycles. The van der Waals surface area contributed by atoms with Crippen LogP contribution in [0.2, 0.25) is 0 Å². The minimum Gasteiger partial charge on any atom is -0.497 e. The number of methoxy groups -OCH3 is 1. The molecular weight excluding hydrogens is 216 g/mol. The van der Waals surface area contributed by atoms with E-state index < -0.39 is 0 Å². The van der Waals surface area contributed by atoms with Crippen molar-refractivity contribution in [2.75, 3.05) is 7.11 Å². The molecule has 17 heavy (non-hydrogen) atoms. The van der Waals surface area contributed by atoms with Crippen LogP contribution in [0.1, 0.15) is 44.0 Å². The Kier molecular flexibility index (Phi) is 5.01. The summed E-state index contributed by atoms with van der Waals surface area (Å²) >= 11 is 0. The number of hydrogen-bond donors (Lipinski definition) is 0. The summed E-state index contributed by atoms with van der Waals surface area (Å²) in [7, 11) is 1.60. The lowest BCUT2D eigenvalue weighted by molar-refractivity contribution is 0.101. The van der Waals surface area contributed by atoms with Crippen LogP contribution in [0.25, 0.3) is 0 Å². The van der Waals surface area contributed by atoms with E-state index in [-0.39, 0.29) is 11.9 Å². The summed E-state index contributed by atoms with van der Waals surface area (Å²) in [6, 6.07) is 5.28. The van der Waals surface area contributed by atoms with E-state index in [0.29, 0.717) is 17.1 Å². The van der Waals surface area contributed by atoms with E-state index in [0.717, 1.165) is 12.8 Å². The fraction of sp³-hybridized carbons (Fsp3) is 0.500. The third-order valence-electron chi connectivity index (χ3n) is 2.59. The highest BCUT2D eigenvalue weighted by Gasteiger charge is 2.12. The normalized spacial score (nSPS) is 12.0. The molecule has 0 saturated carbocycles. The van der Waals surface area contributed by atoms with Gasteiger partial charge in [-0.05, 0) is 32.4 Å². The first kappa shape index (κ1) is 13.6. The molecule has 0 aliphatic heterocycles. The summed E-state index contributed by atoms with van der Waals surface area (Å²) in [4.78, 5) is 11.5. The molecule has 3 heteroatoms. The molecule has 1 unspecified atom stereocenters. The van der Waals surface area contributed by atoms with E-state index >= 15 is 0 Å². The summed E-state index contributed by atoms with van der Waals surface area (Å²) in [6.45, 7) is 5.66. The maximum atomic E-state index is 11.5. The molecule has 1 aromatic carbocycles. The number of Topliss-reactive ketones (excluding diaryl/α,β-unsaturated/α-hetero) is 1. The van der Waals surface area contributed by atoms with Crippen molar-refractivity contribution in [2.24, 2.45) is 0 Å². The number of hydrogen-bond acceptors (Lipinski definition) is 3. The lowest BCUT2D eigenvalue weighted by atomic mass is 10.1. The highest BCUT2D eigenvalue weighted by molar-refractivity contribution is 5.97. The molecule has 94 valence electrons. The Balaban J connectivity index is 2.96. The van der Waals surface area contributed by atoms with Gasteiger partial charge in [0.2, 0.25) is 0 Å². The minimum atomic E-state index is 0.00588. The Hall–Kier alpha value is -1.51. The van der Waals surface area contributed by atoms with Crippen molar-refractivity contribution in [3.8, 4) is 11.5 Å². The van der Waals surface area contributed by atoms with Gasteiger partial charge in [0.1, 0.15) is 11.5 Å². The molecule has 0 bridgehead atoms. The van der Waals surface area contributed by atoms with Crippen molar-refractivity contribution in [3.63, 3.8) is 0 Å². The van der Waals surface area contributed by atoms with Crippen LogP contribution in [0, 0.1) is 0 Å². The van der Waals surface area contributed by atoms with Gasteiger partial charge in [-0.3, -0.25) is 4.79 Å². The summed E-state index contributed by atoms with van der Waals surface area (Å²) in [5, 5.41) is 0. The van der Waals surface area contributed by atoms with Gasteiger partial charge in [0, 0.05) is 6.07 Å². The third-order valence-corrected chi connectivity index (χ3v) is 2.59. The quantitative estimate of drug-likeness (QED) is 0.709. The van der Waals surface area contributed by atoms with Crippen molar-refractivity contribution < 1.29 is 14.3 Å². The second kappa shape index (κ2) is 6.28. The van der Waals surface area contributed by atoms with Gasteiger partial charge in [-0.15, -0.1) is 0 Å². The Labute approximate surface area is 103 Å². The summed E-state index contributed by atoms with van der Waals surface area (Å²) in [6.07, 6.45) is 2.12. The zero-order valence-corrected chi connectivity index (χ0v) is 10.9. The van der Waals surface area contributed by atoms with E-state index in [1.807, 2.05) is 6.92 Å². The molecule has 0 N–H and O–H groups in total. The molecule has 0 fully saturated rings. The van der Waals surface area contributed by atoms with Gasteiger partial charge < -0.3 is 9.47 Å². The lowest BCUT2D eigenvalue weighted by Crippen LogP contribution is -2.13. The van der Waals surface area contributed by atoms with Gasteiger partial charge in [-0.2, -0.15) is 0 Å². The van der Waals surface area contributed by atoms with Crippen LogP contribution in [0.3, 0.4) is 0 Å². The highest BCUT2D eigenvalue weighted by Crippen LogP contribution is 2.26. The van der Waals surface area contributed by atoms with Crippen LogP contribution >= 0.6 is 0 Å². The van der Waals surface area contributed by atoms with E-state index in [1.165, 1.54) is 0 Å². The molecular formula is C14H20O3. The van der Waals surface area contributed by atoms with Crippen LogP contribution in [-0.2, 0) is 0 Å². The van der Waals surface area contributed by atoms with Gasteiger partial charge in [0.05, 0.1) is 18.8 Å². The summed E-state index contributed by atoms with van der Waals surface area (Å²) in [5.74, 6) is 1.32. The standard InChI is InChI=1S/C14H20O3/c1-5-6-10(2)17-14-9-12(16-4)7-8-13(14)11(3)15/h7-10H,5-6H2,1-4H3. The minimum absolute atomic E-state index is 0.00588. The van der Waals surface area contributed by atoms with Gasteiger partial charge in [0.25, 0.3) is 0 Å². The fourth-order valence-corrected chi connectivity index (χ4v) is 1.70. The molecule has 0 aliphatic rings. The summed E-state index contributed by atoms with van der Waals surface area (Å²) < 4.78 is 10.9. The molecule has 0 spiro atoms. The van der Waals surface area contributed by atoms with Crippen molar-refractivity contribution in [3.05, 3.63) is 23.8 Å². The van der Waals surface area contributed by atoms with Crippen molar-refractivity contribution in [1.29, 1.82) is 0 Å². The zero-order valence-electron chi connectivity index (χ0n) is 10.9. The van der Waals surface area contributed by atoms with Crippen LogP contribution < -0.4 is 9.47 Å². The first-order valence-corrected chi connectivity index (χ1v) is 5.94. The van der Waals surface area contributed by atoms with E-state index in [9.17, 15) is 4.79 Å². The van der Waals surface area contributed by atoms with Crippen molar-refractivity contribution >= 4 is 5.78 Å². The van der Waals surface area contributed by atoms with Gasteiger partial charge in [-0.25, -0.2) is 0 Å². The lowest BCUT2D eigenvalue weighted by Gasteiger charge is -2.16. The number of carbonyl (C=O) groups is 1. The van der Waals surface area contributed by atoms with Gasteiger partial charge >= 0.3 is 0 Å². The largest absolute Gasteiger partial charge is 0.497 e. The molecule has 1 aromatic rings. The third kappa shape index (κ3) is 3.77. The summed E-state index contributed by atoms with van der Waals surface area (Å²) in [5.41, 5.74) is 0.605. The number of benzene rings is 1. The van der Waals surface area contributed by atoms with Crippen LogP contribution in [-0.4, -0.2) is 19.0 Å². The monoisotopic (exact) mass is 236 g/mol. The molecule has 0 amide bonds. The average molecular weight is 236 g/mol. The maximum Gasteiger partial charge on any atom is 0.163 e. The van der Waals surface area contributed by atoms with E-state index in [1.54, 1.807) is 32.2 Å². The van der Waals surface area contributed by atoms with Gasteiger partial charge in [-0.1, -0.05) is 13.3 Å². The molecule has 0 radical (unpaired) electrons. The SMILES string of the molecule is CCCC(C)Oc1cc(OC)ccc1C(C)=O. The average Bonchev–Trinajstić information content (AvgIpc) is 2.28. The molecule has 3 nitrogen and oxygen atoms in total. The second-order valence-corrected chi connectivity index (χ2v) is 4.14. The van der Waals surface area contributed by atoms with Crippen LogP contribution in [0.4, 0.5) is 0 Å². The molecule has 0 aromatic heterocycles. The fourth-order valence-electron chi connectivity index (χ4n) is 1.70. The molecule has 1 rings (SSSR count). The first-order valence-electron chi connectivity index (χ1n) is 5.94. The predicted octanol–water partition coefficient (Wildman–Crippen LogP) is 3.47. The molecule has 0 heterocycles. The molecule has 0 saturated heterocycles. The van der Waals surface area contributed by atoms with Crippen molar-refractivity contribution in [2.45, 2.75) is 39.7 Å².